The molecular weight excluding hydrogens is 472 g/mol. The van der Waals surface area contributed by atoms with Gasteiger partial charge in [-0.25, -0.2) is 4.79 Å². The molecule has 0 atom stereocenters. The molecule has 1 heterocycles. The van der Waals surface area contributed by atoms with Gasteiger partial charge in [0.25, 0.3) is 5.91 Å². The van der Waals surface area contributed by atoms with Crippen LogP contribution in [0.4, 0.5) is 11.4 Å². The molecule has 3 rings (SSSR count). The fraction of sp³-hybridized carbons (Fsp3) is 0.292. The molecule has 168 valence electrons. The number of nitrogens with one attached hydrogen (secondary N) is 1. The number of likely N-dealkylation sites (N-methyl/N-ethyl adjacent to an activating group) is 1. The highest BCUT2D eigenvalue weighted by atomic mass is 79.9. The number of carbonyl (C=O) groups is 2. The Morgan fingerprint density at radius 3 is 2.38 bits per heavy atom. The van der Waals surface area contributed by atoms with E-state index in [4.69, 9.17) is 0 Å². The van der Waals surface area contributed by atoms with Crippen molar-refractivity contribution in [3.8, 4) is 0 Å². The van der Waals surface area contributed by atoms with Gasteiger partial charge in [0.1, 0.15) is 0 Å². The molecule has 1 amide bonds. The largest absolute Gasteiger partial charge is 0.478 e. The SMILES string of the molecule is CCn1nc(C)c(CCN(C)c2ccc(C(=O)O)cc2NC(=O)c2ccc(Br)cc2)c1C. The summed E-state index contributed by atoms with van der Waals surface area (Å²) in [6, 6.07) is 11.8. The van der Waals surface area contributed by atoms with Gasteiger partial charge in [0, 0.05) is 35.9 Å². The van der Waals surface area contributed by atoms with Crippen LogP contribution < -0.4 is 10.2 Å². The van der Waals surface area contributed by atoms with Gasteiger partial charge in [0.05, 0.1) is 22.6 Å². The smallest absolute Gasteiger partial charge is 0.335 e. The van der Waals surface area contributed by atoms with Crippen LogP contribution in [0.1, 0.15) is 44.6 Å². The first-order valence-corrected chi connectivity index (χ1v) is 11.2. The molecule has 0 fully saturated rings. The topological polar surface area (TPSA) is 87.5 Å². The quantitative estimate of drug-likeness (QED) is 0.460. The number of aromatic carboxylic acids is 1. The number of anilines is 2. The third-order valence-electron chi connectivity index (χ3n) is 5.54. The van der Waals surface area contributed by atoms with E-state index in [1.54, 1.807) is 36.4 Å². The number of carboxylic acid groups (broad SMARTS) is 1. The van der Waals surface area contributed by atoms with E-state index in [1.807, 2.05) is 23.6 Å². The Morgan fingerprint density at radius 2 is 1.78 bits per heavy atom. The second-order valence-electron chi connectivity index (χ2n) is 7.63. The van der Waals surface area contributed by atoms with Crippen LogP contribution in [0.25, 0.3) is 0 Å². The molecule has 0 radical (unpaired) electrons. The molecular formula is C24H27BrN4O3. The lowest BCUT2D eigenvalue weighted by Crippen LogP contribution is -2.23. The predicted octanol–water partition coefficient (Wildman–Crippen LogP) is 4.91. The van der Waals surface area contributed by atoms with E-state index in [1.165, 1.54) is 11.6 Å². The van der Waals surface area contributed by atoms with E-state index < -0.39 is 5.97 Å². The molecule has 2 N–H and O–H groups in total. The first-order valence-electron chi connectivity index (χ1n) is 10.4. The average molecular weight is 499 g/mol. The van der Waals surface area contributed by atoms with Gasteiger partial charge in [-0.05, 0) is 75.2 Å². The van der Waals surface area contributed by atoms with Gasteiger partial charge in [-0.3, -0.25) is 9.48 Å². The number of hydrogen-bond donors (Lipinski definition) is 2. The monoisotopic (exact) mass is 498 g/mol. The van der Waals surface area contributed by atoms with E-state index in [2.05, 4.69) is 40.2 Å². The number of halogens is 1. The van der Waals surface area contributed by atoms with Gasteiger partial charge in [0.2, 0.25) is 0 Å². The lowest BCUT2D eigenvalue weighted by Gasteiger charge is -2.23. The van der Waals surface area contributed by atoms with E-state index in [9.17, 15) is 14.7 Å². The fourth-order valence-corrected chi connectivity index (χ4v) is 3.97. The van der Waals surface area contributed by atoms with Crippen LogP contribution in [0.15, 0.2) is 46.9 Å². The van der Waals surface area contributed by atoms with Gasteiger partial charge in [-0.15, -0.1) is 0 Å². The van der Waals surface area contributed by atoms with Crippen molar-refractivity contribution in [1.82, 2.24) is 9.78 Å². The third-order valence-corrected chi connectivity index (χ3v) is 6.07. The van der Waals surface area contributed by atoms with Crippen molar-refractivity contribution in [1.29, 1.82) is 0 Å². The van der Waals surface area contributed by atoms with Crippen molar-refractivity contribution in [3.05, 3.63) is 75.0 Å². The molecule has 0 aliphatic carbocycles. The first kappa shape index (κ1) is 23.5. The molecule has 7 nitrogen and oxygen atoms in total. The molecule has 0 saturated heterocycles. The molecule has 0 bridgehead atoms. The Bertz CT molecular complexity index is 1140. The van der Waals surface area contributed by atoms with Crippen LogP contribution >= 0.6 is 15.9 Å². The van der Waals surface area contributed by atoms with Crippen LogP contribution in [0, 0.1) is 13.8 Å². The molecule has 8 heteroatoms. The summed E-state index contributed by atoms with van der Waals surface area (Å²) < 4.78 is 2.87. The third kappa shape index (κ3) is 5.19. The summed E-state index contributed by atoms with van der Waals surface area (Å²) in [5.41, 5.74) is 5.19. The van der Waals surface area contributed by atoms with Crippen molar-refractivity contribution in [2.45, 2.75) is 33.7 Å². The van der Waals surface area contributed by atoms with E-state index in [0.29, 0.717) is 17.8 Å². The van der Waals surface area contributed by atoms with E-state index >= 15 is 0 Å². The second kappa shape index (κ2) is 9.99. The number of carboxylic acids is 1. The average Bonchev–Trinajstić information content (AvgIpc) is 3.04. The second-order valence-corrected chi connectivity index (χ2v) is 8.55. The summed E-state index contributed by atoms with van der Waals surface area (Å²) in [7, 11) is 1.93. The lowest BCUT2D eigenvalue weighted by molar-refractivity contribution is 0.0696. The zero-order valence-corrected chi connectivity index (χ0v) is 20.2. The molecule has 0 saturated carbocycles. The van der Waals surface area contributed by atoms with Crippen molar-refractivity contribution >= 4 is 39.2 Å². The molecule has 3 aromatic rings. The summed E-state index contributed by atoms with van der Waals surface area (Å²) in [5, 5.41) is 16.9. The highest BCUT2D eigenvalue weighted by Gasteiger charge is 2.17. The first-order chi connectivity index (χ1) is 15.2. The van der Waals surface area contributed by atoms with Crippen LogP contribution in [0.2, 0.25) is 0 Å². The molecule has 1 aromatic heterocycles. The Kier molecular flexibility index (Phi) is 7.35. The standard InChI is InChI=1S/C24H27BrN4O3/c1-5-29-16(3)20(15(2)27-29)12-13-28(4)22-11-8-18(24(31)32)14-21(22)26-23(30)17-6-9-19(25)10-7-17/h6-11,14H,5,12-13H2,1-4H3,(H,26,30)(H,31,32). The highest BCUT2D eigenvalue weighted by molar-refractivity contribution is 9.10. The van der Waals surface area contributed by atoms with Gasteiger partial charge in [0.15, 0.2) is 0 Å². The molecule has 0 unspecified atom stereocenters. The zero-order chi connectivity index (χ0) is 23.4. The number of aryl methyl sites for hydroxylation is 2. The van der Waals surface area contributed by atoms with Crippen LogP contribution in [0.5, 0.6) is 0 Å². The normalized spacial score (nSPS) is 10.8. The van der Waals surface area contributed by atoms with E-state index in [0.717, 1.165) is 34.5 Å². The number of amides is 1. The van der Waals surface area contributed by atoms with Crippen molar-refractivity contribution < 1.29 is 14.7 Å². The molecule has 32 heavy (non-hydrogen) atoms. The van der Waals surface area contributed by atoms with Gasteiger partial charge in [-0.2, -0.15) is 5.10 Å². The summed E-state index contributed by atoms with van der Waals surface area (Å²) in [6.45, 7) is 7.67. The minimum atomic E-state index is -1.04. The summed E-state index contributed by atoms with van der Waals surface area (Å²) in [6.07, 6.45) is 0.787. The zero-order valence-electron chi connectivity index (χ0n) is 18.6. The number of nitrogens with zero attached hydrogens (tertiary/aromatic N) is 3. The summed E-state index contributed by atoms with van der Waals surface area (Å²) >= 11 is 3.36. The fourth-order valence-electron chi connectivity index (χ4n) is 3.70. The molecule has 0 spiro atoms. The maximum Gasteiger partial charge on any atom is 0.335 e. The Morgan fingerprint density at radius 1 is 1.12 bits per heavy atom. The predicted molar refractivity (Wildman–Crippen MR) is 130 cm³/mol. The minimum Gasteiger partial charge on any atom is -0.478 e. The lowest BCUT2D eigenvalue weighted by atomic mass is 10.1. The Balaban J connectivity index is 1.85. The summed E-state index contributed by atoms with van der Waals surface area (Å²) in [4.78, 5) is 26.3. The van der Waals surface area contributed by atoms with Crippen LogP contribution in [0.3, 0.4) is 0 Å². The molecule has 0 aliphatic rings. The van der Waals surface area contributed by atoms with Crippen molar-refractivity contribution in [2.24, 2.45) is 0 Å². The number of hydrogen-bond acceptors (Lipinski definition) is 4. The minimum absolute atomic E-state index is 0.115. The highest BCUT2D eigenvalue weighted by Crippen LogP contribution is 2.28. The van der Waals surface area contributed by atoms with E-state index in [-0.39, 0.29) is 11.5 Å². The Hall–Kier alpha value is -3.13. The number of benzene rings is 2. The van der Waals surface area contributed by atoms with Crippen LogP contribution in [-0.2, 0) is 13.0 Å². The Labute approximate surface area is 196 Å². The number of carbonyl (C=O) groups excluding carboxylic acids is 1. The van der Waals surface area contributed by atoms with Crippen molar-refractivity contribution in [3.63, 3.8) is 0 Å². The van der Waals surface area contributed by atoms with Gasteiger partial charge < -0.3 is 15.3 Å². The number of aromatic nitrogens is 2. The van der Waals surface area contributed by atoms with Gasteiger partial charge >= 0.3 is 5.97 Å². The maximum atomic E-state index is 12.8. The summed E-state index contributed by atoms with van der Waals surface area (Å²) in [5.74, 6) is -1.35. The molecule has 2 aromatic carbocycles. The molecule has 0 aliphatic heterocycles. The van der Waals surface area contributed by atoms with Gasteiger partial charge in [-0.1, -0.05) is 15.9 Å². The van der Waals surface area contributed by atoms with Crippen molar-refractivity contribution in [2.75, 3.05) is 23.8 Å². The van der Waals surface area contributed by atoms with Crippen LogP contribution in [-0.4, -0.2) is 40.4 Å². The maximum absolute atomic E-state index is 12.8. The number of rotatable bonds is 8.